The molecule has 0 aromatic carbocycles. The molecule has 2 aliphatic heterocycles. The van der Waals surface area contributed by atoms with Crippen LogP contribution < -0.4 is 4.90 Å². The van der Waals surface area contributed by atoms with Gasteiger partial charge in [0.1, 0.15) is 11.0 Å². The van der Waals surface area contributed by atoms with Crippen molar-refractivity contribution in [3.8, 4) is 0 Å². The number of hydrogen-bond acceptors (Lipinski definition) is 5. The molecular formula is C13H19ClN4S. The summed E-state index contributed by atoms with van der Waals surface area (Å²) in [7, 11) is 2.26. The van der Waals surface area contributed by atoms with Gasteiger partial charge in [0, 0.05) is 31.2 Å². The van der Waals surface area contributed by atoms with E-state index in [1.54, 1.807) is 0 Å². The van der Waals surface area contributed by atoms with Crippen LogP contribution in [0.25, 0.3) is 0 Å². The van der Waals surface area contributed by atoms with E-state index in [0.29, 0.717) is 11.2 Å². The van der Waals surface area contributed by atoms with Crippen LogP contribution in [0.3, 0.4) is 0 Å². The molecule has 3 heterocycles. The van der Waals surface area contributed by atoms with E-state index in [2.05, 4.69) is 26.8 Å². The molecule has 19 heavy (non-hydrogen) atoms. The Labute approximate surface area is 123 Å². The van der Waals surface area contributed by atoms with Crippen LogP contribution in [-0.2, 0) is 0 Å². The Morgan fingerprint density at radius 3 is 2.84 bits per heavy atom. The average Bonchev–Trinajstić information content (AvgIpc) is 2.62. The highest BCUT2D eigenvalue weighted by molar-refractivity contribution is 7.98. The SMILES string of the molecule is CSc1nc(Cl)cc(N2CCC3CCC(C2)N3C)n1. The molecule has 3 rings (SSSR count). The first kappa shape index (κ1) is 13.5. The smallest absolute Gasteiger partial charge is 0.190 e. The van der Waals surface area contributed by atoms with Gasteiger partial charge in [0.2, 0.25) is 0 Å². The van der Waals surface area contributed by atoms with Gasteiger partial charge in [0.25, 0.3) is 0 Å². The van der Waals surface area contributed by atoms with Gasteiger partial charge in [-0.3, -0.25) is 4.90 Å². The van der Waals surface area contributed by atoms with E-state index >= 15 is 0 Å². The highest BCUT2D eigenvalue weighted by atomic mass is 35.5. The Morgan fingerprint density at radius 2 is 2.05 bits per heavy atom. The zero-order valence-electron chi connectivity index (χ0n) is 11.3. The Balaban J connectivity index is 1.84. The molecule has 0 amide bonds. The van der Waals surface area contributed by atoms with Gasteiger partial charge in [0.15, 0.2) is 5.16 Å². The minimum atomic E-state index is 0.539. The minimum Gasteiger partial charge on any atom is -0.355 e. The third-order valence-corrected chi connectivity index (χ3v) is 5.06. The number of fused-ring (bicyclic) bond motifs is 2. The predicted octanol–water partition coefficient (Wildman–Crippen LogP) is 2.52. The van der Waals surface area contributed by atoms with Crippen molar-refractivity contribution in [1.82, 2.24) is 14.9 Å². The van der Waals surface area contributed by atoms with Gasteiger partial charge < -0.3 is 4.90 Å². The lowest BCUT2D eigenvalue weighted by Crippen LogP contribution is -2.37. The van der Waals surface area contributed by atoms with E-state index in [-0.39, 0.29) is 0 Å². The van der Waals surface area contributed by atoms with Gasteiger partial charge in [-0.15, -0.1) is 0 Å². The van der Waals surface area contributed by atoms with E-state index in [1.807, 2.05) is 12.3 Å². The molecule has 6 heteroatoms. The van der Waals surface area contributed by atoms with Crippen molar-refractivity contribution in [3.05, 3.63) is 11.2 Å². The second-order valence-corrected chi connectivity index (χ2v) is 6.48. The summed E-state index contributed by atoms with van der Waals surface area (Å²) < 4.78 is 0. The van der Waals surface area contributed by atoms with Crippen molar-refractivity contribution in [3.63, 3.8) is 0 Å². The van der Waals surface area contributed by atoms with Gasteiger partial charge in [-0.25, -0.2) is 9.97 Å². The molecule has 0 aliphatic carbocycles. The van der Waals surface area contributed by atoms with Crippen molar-refractivity contribution in [2.75, 3.05) is 31.3 Å². The van der Waals surface area contributed by atoms with Crippen molar-refractivity contribution < 1.29 is 0 Å². The summed E-state index contributed by atoms with van der Waals surface area (Å²) in [5, 5.41) is 1.29. The standard InChI is InChI=1S/C13H19ClN4S/c1-17-9-3-4-10(17)8-18(6-5-9)12-7-11(14)15-13(16-12)19-2/h7,9-10H,3-6,8H2,1-2H3. The molecule has 0 spiro atoms. The summed E-state index contributed by atoms with van der Waals surface area (Å²) in [4.78, 5) is 13.7. The third kappa shape index (κ3) is 2.69. The fraction of sp³-hybridized carbons (Fsp3) is 0.692. The van der Waals surface area contributed by atoms with Crippen LogP contribution in [0.1, 0.15) is 19.3 Å². The molecule has 2 bridgehead atoms. The molecule has 2 fully saturated rings. The number of anilines is 1. The zero-order valence-corrected chi connectivity index (χ0v) is 12.9. The predicted molar refractivity (Wildman–Crippen MR) is 80.2 cm³/mol. The molecule has 0 saturated carbocycles. The van der Waals surface area contributed by atoms with Crippen LogP contribution in [0.5, 0.6) is 0 Å². The number of likely N-dealkylation sites (N-methyl/N-ethyl adjacent to an activating group) is 1. The lowest BCUT2D eigenvalue weighted by molar-refractivity contribution is 0.254. The second-order valence-electron chi connectivity index (χ2n) is 5.32. The number of halogens is 1. The summed E-state index contributed by atoms with van der Waals surface area (Å²) in [6.45, 7) is 2.11. The first-order chi connectivity index (χ1) is 9.17. The van der Waals surface area contributed by atoms with Crippen LogP contribution in [0.15, 0.2) is 11.2 Å². The quantitative estimate of drug-likeness (QED) is 0.476. The Bertz CT molecular complexity index is 470. The molecular weight excluding hydrogens is 280 g/mol. The van der Waals surface area contributed by atoms with E-state index in [4.69, 9.17) is 11.6 Å². The monoisotopic (exact) mass is 298 g/mol. The number of nitrogens with zero attached hydrogens (tertiary/aromatic N) is 4. The van der Waals surface area contributed by atoms with Crippen LogP contribution in [-0.4, -0.2) is 53.3 Å². The first-order valence-electron chi connectivity index (χ1n) is 6.73. The van der Waals surface area contributed by atoms with Crippen molar-refractivity contribution in [2.24, 2.45) is 0 Å². The summed E-state index contributed by atoms with van der Waals surface area (Å²) in [6.07, 6.45) is 5.83. The molecule has 1 aromatic heterocycles. The lowest BCUT2D eigenvalue weighted by Gasteiger charge is -2.26. The third-order valence-electron chi connectivity index (χ3n) is 4.32. The fourth-order valence-electron chi connectivity index (χ4n) is 3.16. The van der Waals surface area contributed by atoms with E-state index in [9.17, 15) is 0 Å². The Kier molecular flexibility index (Phi) is 3.87. The molecule has 0 N–H and O–H groups in total. The highest BCUT2D eigenvalue weighted by Gasteiger charge is 2.35. The maximum Gasteiger partial charge on any atom is 0.190 e. The maximum atomic E-state index is 6.09. The van der Waals surface area contributed by atoms with Gasteiger partial charge in [0.05, 0.1) is 0 Å². The van der Waals surface area contributed by atoms with E-state index in [0.717, 1.165) is 30.1 Å². The molecule has 2 atom stereocenters. The molecule has 1 aromatic rings. The van der Waals surface area contributed by atoms with Crippen molar-refractivity contribution >= 4 is 29.2 Å². The van der Waals surface area contributed by atoms with Crippen LogP contribution in [0.2, 0.25) is 5.15 Å². The van der Waals surface area contributed by atoms with Crippen molar-refractivity contribution in [1.29, 1.82) is 0 Å². The molecule has 104 valence electrons. The topological polar surface area (TPSA) is 32.3 Å². The van der Waals surface area contributed by atoms with Gasteiger partial charge >= 0.3 is 0 Å². The lowest BCUT2D eigenvalue weighted by atomic mass is 10.1. The fourth-order valence-corrected chi connectivity index (χ4v) is 3.76. The number of thioether (sulfide) groups is 1. The van der Waals surface area contributed by atoms with Gasteiger partial charge in [-0.05, 0) is 32.6 Å². The molecule has 0 radical (unpaired) electrons. The van der Waals surface area contributed by atoms with E-state index < -0.39 is 0 Å². The van der Waals surface area contributed by atoms with Gasteiger partial charge in [-0.2, -0.15) is 0 Å². The normalized spacial score (nSPS) is 27.6. The van der Waals surface area contributed by atoms with Gasteiger partial charge in [-0.1, -0.05) is 23.4 Å². The van der Waals surface area contributed by atoms with E-state index in [1.165, 1.54) is 31.0 Å². The number of aromatic nitrogens is 2. The largest absolute Gasteiger partial charge is 0.355 e. The van der Waals surface area contributed by atoms with Crippen LogP contribution in [0.4, 0.5) is 5.82 Å². The Morgan fingerprint density at radius 1 is 1.26 bits per heavy atom. The first-order valence-corrected chi connectivity index (χ1v) is 8.33. The second kappa shape index (κ2) is 5.46. The average molecular weight is 299 g/mol. The summed E-state index contributed by atoms with van der Waals surface area (Å²) in [5.41, 5.74) is 0. The molecule has 2 unspecified atom stereocenters. The Hall–Kier alpha value is -0.520. The summed E-state index contributed by atoms with van der Waals surface area (Å²) in [5.74, 6) is 0.977. The zero-order chi connectivity index (χ0) is 13.4. The molecule has 2 saturated heterocycles. The van der Waals surface area contributed by atoms with Crippen LogP contribution in [0, 0.1) is 0 Å². The summed E-state index contributed by atoms with van der Waals surface area (Å²) >= 11 is 7.63. The van der Waals surface area contributed by atoms with Crippen LogP contribution >= 0.6 is 23.4 Å². The maximum absolute atomic E-state index is 6.09. The van der Waals surface area contributed by atoms with Crippen molar-refractivity contribution in [2.45, 2.75) is 36.5 Å². The minimum absolute atomic E-state index is 0.539. The summed E-state index contributed by atoms with van der Waals surface area (Å²) in [6, 6.07) is 3.28. The highest BCUT2D eigenvalue weighted by Crippen LogP contribution is 2.31. The molecule has 2 aliphatic rings. The molecule has 4 nitrogen and oxygen atoms in total. The number of rotatable bonds is 2. The number of hydrogen-bond donors (Lipinski definition) is 0.